The number of rotatable bonds is 13. The second kappa shape index (κ2) is 14.6. The van der Waals surface area contributed by atoms with Crippen LogP contribution in [-0.2, 0) is 19.1 Å². The molecule has 0 spiro atoms. The molecular weight excluding hydrogens is 280 g/mol. The van der Waals surface area contributed by atoms with E-state index in [0.29, 0.717) is 25.6 Å². The van der Waals surface area contributed by atoms with Crippen molar-refractivity contribution in [3.05, 3.63) is 12.2 Å². The van der Waals surface area contributed by atoms with E-state index in [-0.39, 0.29) is 24.8 Å². The fourth-order valence-corrected chi connectivity index (χ4v) is 1.77. The maximum Gasteiger partial charge on any atom is 0.305 e. The molecule has 0 atom stereocenters. The molecular formula is C18H32O4. The van der Waals surface area contributed by atoms with Crippen LogP contribution in [0.4, 0.5) is 0 Å². The average molecular weight is 312 g/mol. The molecule has 4 nitrogen and oxygen atoms in total. The molecule has 0 aliphatic rings. The zero-order chi connectivity index (χ0) is 16.6. The van der Waals surface area contributed by atoms with Crippen molar-refractivity contribution < 1.29 is 19.1 Å². The lowest BCUT2D eigenvalue weighted by atomic mass is 10.2. The van der Waals surface area contributed by atoms with E-state index >= 15 is 0 Å². The standard InChI is InChI=1S/C18H32O4/c1-4-5-6-7-8-9-10-14-21-17(19)12-11-13-18(20)22-15-16(2)3/h8-9,16H,4-7,10-15H2,1-3H3/b9-8-. The molecule has 0 fully saturated rings. The smallest absolute Gasteiger partial charge is 0.305 e. The lowest BCUT2D eigenvalue weighted by molar-refractivity contribution is -0.146. The molecule has 0 aliphatic carbocycles. The molecule has 0 aromatic carbocycles. The number of unbranched alkanes of at least 4 members (excludes halogenated alkanes) is 3. The van der Waals surface area contributed by atoms with E-state index in [1.165, 1.54) is 19.3 Å². The third-order valence-corrected chi connectivity index (χ3v) is 3.03. The van der Waals surface area contributed by atoms with E-state index in [0.717, 1.165) is 12.8 Å². The fraction of sp³-hybridized carbons (Fsp3) is 0.778. The normalized spacial score (nSPS) is 11.1. The molecule has 0 saturated heterocycles. The molecule has 4 heteroatoms. The van der Waals surface area contributed by atoms with E-state index in [4.69, 9.17) is 9.47 Å². The zero-order valence-electron chi connectivity index (χ0n) is 14.4. The number of esters is 2. The lowest BCUT2D eigenvalue weighted by Crippen LogP contribution is -2.11. The first-order valence-electron chi connectivity index (χ1n) is 8.52. The van der Waals surface area contributed by atoms with Crippen LogP contribution in [0.1, 0.15) is 72.1 Å². The molecule has 22 heavy (non-hydrogen) atoms. The third-order valence-electron chi connectivity index (χ3n) is 3.03. The highest BCUT2D eigenvalue weighted by atomic mass is 16.5. The van der Waals surface area contributed by atoms with E-state index in [9.17, 15) is 9.59 Å². The van der Waals surface area contributed by atoms with Gasteiger partial charge >= 0.3 is 11.9 Å². The summed E-state index contributed by atoms with van der Waals surface area (Å²) in [5, 5.41) is 0. The molecule has 0 aromatic heterocycles. The van der Waals surface area contributed by atoms with Crippen molar-refractivity contribution in [1.29, 1.82) is 0 Å². The summed E-state index contributed by atoms with van der Waals surface area (Å²) in [6, 6.07) is 0. The van der Waals surface area contributed by atoms with E-state index < -0.39 is 0 Å². The van der Waals surface area contributed by atoms with E-state index in [2.05, 4.69) is 19.1 Å². The summed E-state index contributed by atoms with van der Waals surface area (Å²) in [6.07, 6.45) is 10.8. The van der Waals surface area contributed by atoms with Crippen molar-refractivity contribution in [3.8, 4) is 0 Å². The Bertz CT molecular complexity index is 321. The van der Waals surface area contributed by atoms with Gasteiger partial charge in [0.2, 0.25) is 0 Å². The van der Waals surface area contributed by atoms with Crippen molar-refractivity contribution in [1.82, 2.24) is 0 Å². The topological polar surface area (TPSA) is 52.6 Å². The van der Waals surface area contributed by atoms with Gasteiger partial charge in [-0.25, -0.2) is 0 Å². The summed E-state index contributed by atoms with van der Waals surface area (Å²) in [4.78, 5) is 22.8. The predicted octanol–water partition coefficient (Wildman–Crippen LogP) is 4.43. The van der Waals surface area contributed by atoms with Crippen LogP contribution in [0.25, 0.3) is 0 Å². The number of carbonyl (C=O) groups is 2. The maximum absolute atomic E-state index is 11.5. The summed E-state index contributed by atoms with van der Waals surface area (Å²) in [5.41, 5.74) is 0. The van der Waals surface area contributed by atoms with Crippen LogP contribution in [0.3, 0.4) is 0 Å². The van der Waals surface area contributed by atoms with Gasteiger partial charge in [-0.3, -0.25) is 9.59 Å². The highest BCUT2D eigenvalue weighted by molar-refractivity contribution is 5.72. The van der Waals surface area contributed by atoms with Crippen LogP contribution >= 0.6 is 0 Å². The first-order chi connectivity index (χ1) is 10.6. The van der Waals surface area contributed by atoms with Crippen LogP contribution in [0.15, 0.2) is 12.2 Å². The summed E-state index contributed by atoms with van der Waals surface area (Å²) < 4.78 is 10.1. The largest absolute Gasteiger partial charge is 0.465 e. The minimum Gasteiger partial charge on any atom is -0.465 e. The van der Waals surface area contributed by atoms with E-state index in [1.807, 2.05) is 13.8 Å². The number of hydrogen-bond donors (Lipinski definition) is 0. The zero-order valence-corrected chi connectivity index (χ0v) is 14.4. The van der Waals surface area contributed by atoms with Gasteiger partial charge in [0.05, 0.1) is 13.2 Å². The Kier molecular flexibility index (Phi) is 13.7. The van der Waals surface area contributed by atoms with E-state index in [1.54, 1.807) is 0 Å². The van der Waals surface area contributed by atoms with Crippen LogP contribution in [0, 0.1) is 5.92 Å². The Morgan fingerprint density at radius 3 is 2.18 bits per heavy atom. The molecule has 0 N–H and O–H groups in total. The molecule has 0 bridgehead atoms. The van der Waals surface area contributed by atoms with Gasteiger partial charge in [0.25, 0.3) is 0 Å². The minimum atomic E-state index is -0.240. The highest BCUT2D eigenvalue weighted by Gasteiger charge is 2.07. The molecule has 0 aromatic rings. The average Bonchev–Trinajstić information content (AvgIpc) is 2.48. The van der Waals surface area contributed by atoms with Gasteiger partial charge in [-0.05, 0) is 31.6 Å². The van der Waals surface area contributed by atoms with Crippen molar-refractivity contribution in [2.75, 3.05) is 13.2 Å². The molecule has 0 unspecified atom stereocenters. The second-order valence-electron chi connectivity index (χ2n) is 5.91. The SMILES string of the molecule is CCCCC/C=C\CCOC(=O)CCCC(=O)OCC(C)C. The number of ether oxygens (including phenoxy) is 2. The van der Waals surface area contributed by atoms with Crippen LogP contribution in [0.5, 0.6) is 0 Å². The van der Waals surface area contributed by atoms with Gasteiger partial charge in [0.1, 0.15) is 0 Å². The quantitative estimate of drug-likeness (QED) is 0.287. The van der Waals surface area contributed by atoms with Gasteiger partial charge in [0, 0.05) is 12.8 Å². The minimum absolute atomic E-state index is 0.239. The molecule has 0 heterocycles. The van der Waals surface area contributed by atoms with Gasteiger partial charge in [0.15, 0.2) is 0 Å². The van der Waals surface area contributed by atoms with Crippen LogP contribution in [-0.4, -0.2) is 25.2 Å². The van der Waals surface area contributed by atoms with Gasteiger partial charge in [-0.1, -0.05) is 45.8 Å². The maximum atomic E-state index is 11.5. The number of allylic oxidation sites excluding steroid dienone is 1. The Morgan fingerprint density at radius 2 is 1.55 bits per heavy atom. The Balaban J connectivity index is 3.44. The van der Waals surface area contributed by atoms with Crippen molar-refractivity contribution >= 4 is 11.9 Å². The summed E-state index contributed by atoms with van der Waals surface area (Å²) in [6.45, 7) is 7.02. The Morgan fingerprint density at radius 1 is 0.909 bits per heavy atom. The molecule has 0 amide bonds. The fourth-order valence-electron chi connectivity index (χ4n) is 1.77. The summed E-state index contributed by atoms with van der Waals surface area (Å²) >= 11 is 0. The molecule has 0 rings (SSSR count). The first kappa shape index (κ1) is 20.7. The Labute approximate surface area is 135 Å². The Hall–Kier alpha value is -1.32. The monoisotopic (exact) mass is 312 g/mol. The van der Waals surface area contributed by atoms with Crippen LogP contribution in [0.2, 0.25) is 0 Å². The first-order valence-corrected chi connectivity index (χ1v) is 8.52. The predicted molar refractivity (Wildman–Crippen MR) is 88.5 cm³/mol. The highest BCUT2D eigenvalue weighted by Crippen LogP contribution is 2.03. The molecule has 0 aliphatic heterocycles. The summed E-state index contributed by atoms with van der Waals surface area (Å²) in [5.74, 6) is -0.142. The number of carbonyl (C=O) groups excluding carboxylic acids is 2. The van der Waals surface area contributed by atoms with Crippen molar-refractivity contribution in [2.24, 2.45) is 5.92 Å². The second-order valence-corrected chi connectivity index (χ2v) is 5.91. The van der Waals surface area contributed by atoms with Crippen molar-refractivity contribution in [3.63, 3.8) is 0 Å². The van der Waals surface area contributed by atoms with Gasteiger partial charge < -0.3 is 9.47 Å². The van der Waals surface area contributed by atoms with Gasteiger partial charge in [-0.2, -0.15) is 0 Å². The van der Waals surface area contributed by atoms with Crippen molar-refractivity contribution in [2.45, 2.75) is 72.1 Å². The third kappa shape index (κ3) is 15.1. The number of hydrogen-bond acceptors (Lipinski definition) is 4. The van der Waals surface area contributed by atoms with Gasteiger partial charge in [-0.15, -0.1) is 0 Å². The molecule has 128 valence electrons. The summed E-state index contributed by atoms with van der Waals surface area (Å²) in [7, 11) is 0. The lowest BCUT2D eigenvalue weighted by Gasteiger charge is -2.07. The van der Waals surface area contributed by atoms with Crippen LogP contribution < -0.4 is 0 Å². The molecule has 0 saturated carbocycles. The molecule has 0 radical (unpaired) electrons.